The van der Waals surface area contributed by atoms with E-state index in [1.807, 2.05) is 71.8 Å². The minimum Gasteiger partial charge on any atom is -0.494 e. The van der Waals surface area contributed by atoms with Crippen LogP contribution in [0.4, 0.5) is 29.0 Å². The zero-order chi connectivity index (χ0) is 57.4. The Bertz CT molecular complexity index is 2740. The quantitative estimate of drug-likeness (QED) is 0.0121. The maximum absolute atomic E-state index is 11.1. The summed E-state index contributed by atoms with van der Waals surface area (Å²) in [5.41, 5.74) is 10.4. The third-order valence-corrected chi connectivity index (χ3v) is 12.7. The molecule has 0 saturated heterocycles. The molecule has 6 aromatic rings. The summed E-state index contributed by atoms with van der Waals surface area (Å²) >= 11 is 5.94. The number of fused-ring (bicyclic) bond motifs is 2. The van der Waals surface area contributed by atoms with E-state index < -0.39 is 11.9 Å². The molecular formula is C57H85ClN12O10Pd. The standard InChI is InChI=1S/C26H36N6O3.C14H21NO3.C12H16ClN5.2C2H4O2.CH4.Pd/c1-32-18-27-24-23(32)25(28-19-10-6-5-7-11-19)31-26(30-24)29-20-13-15-21(16-14-20)35-17-9-4-3-8-12-22(33)34-2;1-17-14(16)6-4-2-3-5-11-18-13-9-7-12(15)8-10-13;1-18-7-14-10-9(18)11(17-12(13)16-10)15-8-5-3-2-4-6-8;2*1-2(3)4;;/h13-16,18-19H,3-12,17H2,1-2H3,(H2,28,29,30,31);7-10H,2-6,11,15H2,1H3;7-8H,2-6H2,1H3,(H,15,16,17);2*1H3,(H,3,4);1H4;. The molecule has 2 aromatic carbocycles. The molecule has 0 atom stereocenters. The van der Waals surface area contributed by atoms with Gasteiger partial charge in [0.2, 0.25) is 11.2 Å². The Hall–Kier alpha value is -6.83. The molecule has 0 aliphatic heterocycles. The summed E-state index contributed by atoms with van der Waals surface area (Å²) in [6, 6.07) is 16.1. The molecule has 2 fully saturated rings. The Morgan fingerprint density at radius 2 is 1.00 bits per heavy atom. The minimum atomic E-state index is -0.833. The fraction of sp³-hybridized carbons (Fsp3) is 0.544. The van der Waals surface area contributed by atoms with E-state index in [2.05, 4.69) is 50.3 Å². The molecule has 4 aromatic heterocycles. The third-order valence-electron chi connectivity index (χ3n) is 12.5. The van der Waals surface area contributed by atoms with E-state index in [-0.39, 0.29) is 45.1 Å². The molecule has 2 aliphatic rings. The van der Waals surface area contributed by atoms with Gasteiger partial charge in [-0.05, 0) is 111 Å². The van der Waals surface area contributed by atoms with Gasteiger partial charge in [-0.1, -0.05) is 71.6 Å². The van der Waals surface area contributed by atoms with Crippen molar-refractivity contribution in [3.8, 4) is 11.5 Å². The number of nitrogens with zero attached hydrogens (tertiary/aromatic N) is 8. The third kappa shape index (κ3) is 27.9. The zero-order valence-electron chi connectivity index (χ0n) is 47.0. The largest absolute Gasteiger partial charge is 0.494 e. The van der Waals surface area contributed by atoms with Crippen molar-refractivity contribution >= 4 is 86.8 Å². The van der Waals surface area contributed by atoms with Crippen LogP contribution in [0.15, 0.2) is 61.2 Å². The number of nitrogens with one attached hydrogen (secondary N) is 3. The summed E-state index contributed by atoms with van der Waals surface area (Å²) in [6.45, 7) is 3.52. The first-order valence-corrected chi connectivity index (χ1v) is 27.5. The Morgan fingerprint density at radius 1 is 0.605 bits per heavy atom. The fourth-order valence-electron chi connectivity index (χ4n) is 8.59. The molecule has 81 heavy (non-hydrogen) atoms. The van der Waals surface area contributed by atoms with Gasteiger partial charge in [0.1, 0.15) is 22.5 Å². The average molecular weight is 1240 g/mol. The molecule has 450 valence electrons. The average Bonchev–Trinajstić information content (AvgIpc) is 4.09. The smallest absolute Gasteiger partial charge is 0.305 e. The van der Waals surface area contributed by atoms with Gasteiger partial charge >= 0.3 is 11.9 Å². The number of nitrogen functional groups attached to an aromatic ring is 1. The summed E-state index contributed by atoms with van der Waals surface area (Å²) in [7, 11) is 6.76. The molecule has 24 heteroatoms. The second kappa shape index (κ2) is 39.5. The number of carboxylic acids is 2. The summed E-state index contributed by atoms with van der Waals surface area (Å²) in [5, 5.41) is 25.5. The van der Waals surface area contributed by atoms with E-state index in [0.717, 1.165) is 111 Å². The number of carbonyl (C=O) groups excluding carboxylic acids is 2. The summed E-state index contributed by atoms with van der Waals surface area (Å²) in [4.78, 5) is 66.5. The second-order valence-electron chi connectivity index (χ2n) is 19.2. The van der Waals surface area contributed by atoms with E-state index in [1.54, 1.807) is 12.7 Å². The topological polar surface area (TPSA) is 295 Å². The van der Waals surface area contributed by atoms with E-state index in [0.29, 0.717) is 55.4 Å². The first-order chi connectivity index (χ1) is 38.0. The van der Waals surface area contributed by atoms with Gasteiger partial charge in [0.25, 0.3) is 11.9 Å². The first-order valence-electron chi connectivity index (χ1n) is 27.1. The fourth-order valence-corrected chi connectivity index (χ4v) is 8.75. The number of aliphatic carboxylic acids is 2. The number of aryl methyl sites for hydroxylation is 2. The van der Waals surface area contributed by atoms with Crippen LogP contribution in [0.25, 0.3) is 22.3 Å². The van der Waals surface area contributed by atoms with Crippen LogP contribution in [0, 0.1) is 0 Å². The minimum absolute atomic E-state index is 0. The maximum atomic E-state index is 11.1. The van der Waals surface area contributed by atoms with E-state index in [4.69, 9.17) is 51.6 Å². The number of nitrogens with two attached hydrogens (primary N) is 1. The van der Waals surface area contributed by atoms with E-state index in [1.165, 1.54) is 78.4 Å². The molecule has 8 rings (SSSR count). The molecule has 0 bridgehead atoms. The van der Waals surface area contributed by atoms with Crippen LogP contribution in [0.3, 0.4) is 0 Å². The van der Waals surface area contributed by atoms with Gasteiger partial charge < -0.3 is 60.0 Å². The van der Waals surface area contributed by atoms with E-state index >= 15 is 0 Å². The van der Waals surface area contributed by atoms with E-state index in [9.17, 15) is 9.59 Å². The number of hydrogen-bond acceptors (Lipinski definition) is 18. The van der Waals surface area contributed by atoms with Crippen molar-refractivity contribution in [3.05, 3.63) is 66.5 Å². The Balaban J connectivity index is 0.000000412. The number of esters is 2. The van der Waals surface area contributed by atoms with Crippen molar-refractivity contribution in [2.24, 2.45) is 14.1 Å². The SMILES string of the molecule is C.CC(=O)O.CC(=O)O.COC(=O)CCCCCCOc1ccc(N)cc1.COC(=O)CCCCCCOc1ccc(Nc2nc(NC3CCCCC3)c3c(ncn3C)n2)cc1.Cn1cnc2nc(Cl)nc(NC3CCCCC3)c21.[Pd]. The first kappa shape index (κ1) is 70.3. The molecular weight excluding hydrogens is 1150 g/mol. The zero-order valence-corrected chi connectivity index (χ0v) is 49.3. The van der Waals surface area contributed by atoms with Crippen LogP contribution >= 0.6 is 11.6 Å². The second-order valence-corrected chi connectivity index (χ2v) is 19.5. The number of aromatic nitrogens is 8. The van der Waals surface area contributed by atoms with Gasteiger partial charge in [-0.2, -0.15) is 19.9 Å². The van der Waals surface area contributed by atoms with Crippen LogP contribution in [0.1, 0.15) is 150 Å². The molecule has 2 aliphatic carbocycles. The Morgan fingerprint density at radius 3 is 1.43 bits per heavy atom. The molecule has 2 saturated carbocycles. The predicted octanol–water partition coefficient (Wildman–Crippen LogP) is 11.7. The molecule has 0 amide bonds. The summed E-state index contributed by atoms with van der Waals surface area (Å²) < 4.78 is 24.5. The predicted molar refractivity (Wildman–Crippen MR) is 314 cm³/mol. The Labute approximate surface area is 495 Å². The van der Waals surface area contributed by atoms with Gasteiger partial charge in [0.15, 0.2) is 22.9 Å². The van der Waals surface area contributed by atoms with Crippen molar-refractivity contribution in [3.63, 3.8) is 0 Å². The molecule has 22 nitrogen and oxygen atoms in total. The maximum Gasteiger partial charge on any atom is 0.305 e. The number of benzene rings is 2. The number of methoxy groups -OCH3 is 2. The number of carbonyl (C=O) groups is 4. The van der Waals surface area contributed by atoms with Crippen LogP contribution in [-0.2, 0) is 63.2 Å². The van der Waals surface area contributed by atoms with Crippen LogP contribution in [-0.4, -0.2) is 113 Å². The van der Waals surface area contributed by atoms with Crippen LogP contribution < -0.4 is 31.2 Å². The van der Waals surface area contributed by atoms with Crippen molar-refractivity contribution in [1.82, 2.24) is 39.0 Å². The Kier molecular flexibility index (Phi) is 34.3. The van der Waals surface area contributed by atoms with Gasteiger partial charge in [-0.25, -0.2) is 9.97 Å². The monoisotopic (exact) mass is 1240 g/mol. The number of hydrogen-bond donors (Lipinski definition) is 6. The van der Waals surface area contributed by atoms with Gasteiger partial charge in [-0.3, -0.25) is 19.2 Å². The molecule has 0 radical (unpaired) electrons. The molecule has 0 spiro atoms. The summed E-state index contributed by atoms with van der Waals surface area (Å²) in [5.74, 6) is 1.89. The normalized spacial score (nSPS) is 12.8. The van der Waals surface area contributed by atoms with Crippen molar-refractivity contribution in [2.75, 3.05) is 49.1 Å². The molecule has 0 unspecified atom stereocenters. The number of imidazole rings is 2. The van der Waals surface area contributed by atoms with Crippen LogP contribution in [0.5, 0.6) is 11.5 Å². The number of unbranched alkanes of at least 4 members (excludes halogenated alkanes) is 6. The van der Waals surface area contributed by atoms with Gasteiger partial charge in [-0.15, -0.1) is 0 Å². The van der Waals surface area contributed by atoms with Crippen molar-refractivity contribution < 1.29 is 68.8 Å². The summed E-state index contributed by atoms with van der Waals surface area (Å²) in [6.07, 6.45) is 24.8. The molecule has 7 N–H and O–H groups in total. The van der Waals surface area contributed by atoms with Crippen molar-refractivity contribution in [1.29, 1.82) is 0 Å². The number of ether oxygens (including phenoxy) is 4. The number of anilines is 5. The van der Waals surface area contributed by atoms with Gasteiger partial charge in [0, 0.05) is 84.7 Å². The number of halogens is 1. The number of rotatable bonds is 22. The molecule has 4 heterocycles. The number of carboxylic acid groups (broad SMARTS) is 2. The van der Waals surface area contributed by atoms with Gasteiger partial charge in [0.05, 0.1) is 40.1 Å². The van der Waals surface area contributed by atoms with Crippen molar-refractivity contribution in [2.45, 2.75) is 162 Å². The van der Waals surface area contributed by atoms with Crippen LogP contribution in [0.2, 0.25) is 5.28 Å².